The number of ketones is 1. The highest BCUT2D eigenvalue weighted by Gasteiger charge is 2.63. The van der Waals surface area contributed by atoms with E-state index >= 15 is 0 Å². The van der Waals surface area contributed by atoms with E-state index in [9.17, 15) is 33.9 Å². The van der Waals surface area contributed by atoms with Crippen LogP contribution in [0.3, 0.4) is 0 Å². The number of rotatable bonds is 15. The van der Waals surface area contributed by atoms with E-state index in [0.717, 1.165) is 24.0 Å². The van der Waals surface area contributed by atoms with Crippen LogP contribution in [0.15, 0.2) is 35.9 Å². The molecule has 1 aromatic rings. The van der Waals surface area contributed by atoms with Crippen LogP contribution in [0.2, 0.25) is 5.02 Å². The molecule has 1 aromatic carbocycles. The number of allylic oxidation sites excluding steroid dienone is 3. The number of epoxide rings is 1. The molecule has 0 spiro atoms. The molecule has 4 bridgehead atoms. The van der Waals surface area contributed by atoms with Gasteiger partial charge in [-0.25, -0.2) is 4.79 Å². The third kappa shape index (κ3) is 12.6. The lowest BCUT2D eigenvalue weighted by molar-refractivity contribution is -0.142. The zero-order valence-corrected chi connectivity index (χ0v) is 43.9. The Labute approximate surface area is 422 Å². The minimum absolute atomic E-state index is 0.0278. The standard InChI is InChI=1S/C48H67ClIN5O12S/c1-27-11-9-12-38(64-8)48(62)25-35(66-45(61)51-48)28(2)42-47(5,67-42)32(23-39(57)54(6)33-20-30(19-27)21-34(63-7)41(33)49)22-37(56)46(3,4)65-17-10-18-68-36-24-40(58)55(44(36)60)26-29-13-15-31(16-14-29)43(59)52-53-50/h9,11-12,20-21,28-29,31-32,35-36,38,42,53,62H,10,13-19,22-26H2,1-8H3,(H,51,61)(H,52,59)/b12-9+,27-11+/t28-,29?,31?,32+,35+,36?,38-,42+,47+,48+/m1/s1. The number of halogens is 2. The van der Waals surface area contributed by atoms with Crippen LogP contribution in [0.25, 0.3) is 0 Å². The highest BCUT2D eigenvalue weighted by molar-refractivity contribution is 14.1. The van der Waals surface area contributed by atoms with Crippen molar-refractivity contribution in [3.05, 3.63) is 46.5 Å². The van der Waals surface area contributed by atoms with E-state index in [2.05, 4.69) is 14.4 Å². The van der Waals surface area contributed by atoms with Crippen molar-refractivity contribution in [1.29, 1.82) is 0 Å². The van der Waals surface area contributed by atoms with Crippen molar-refractivity contribution in [3.63, 3.8) is 0 Å². The number of carbonyl (C=O) groups is 6. The first-order valence-corrected chi connectivity index (χ1v) is 25.8. The second-order valence-corrected chi connectivity index (χ2v) is 21.8. The Hall–Kier alpha value is -3.31. The van der Waals surface area contributed by atoms with Gasteiger partial charge in [-0.3, -0.25) is 39.6 Å². The van der Waals surface area contributed by atoms with Gasteiger partial charge in [0.25, 0.3) is 0 Å². The number of benzene rings is 1. The smallest absolute Gasteiger partial charge is 0.409 e. The van der Waals surface area contributed by atoms with Gasteiger partial charge in [-0.05, 0) is 95.6 Å². The molecule has 4 fully saturated rings. The molecule has 4 N–H and O–H groups in total. The summed E-state index contributed by atoms with van der Waals surface area (Å²) in [5.74, 6) is -1.11. The van der Waals surface area contributed by atoms with E-state index in [1.165, 1.54) is 35.8 Å². The molecule has 0 aromatic heterocycles. The molecule has 376 valence electrons. The number of amides is 5. The van der Waals surface area contributed by atoms with Crippen LogP contribution in [-0.4, -0.2) is 126 Å². The summed E-state index contributed by atoms with van der Waals surface area (Å²) in [6.07, 6.45) is 6.02. The monoisotopic (exact) mass is 1100 g/mol. The molecule has 20 heteroatoms. The highest BCUT2D eigenvalue weighted by atomic mass is 127. The minimum atomic E-state index is -1.82. The molecule has 68 heavy (non-hydrogen) atoms. The Morgan fingerprint density at radius 2 is 1.82 bits per heavy atom. The molecule has 5 aliphatic rings. The molecule has 6 rings (SSSR count). The van der Waals surface area contributed by atoms with Crippen LogP contribution in [0.1, 0.15) is 98.0 Å². The molecule has 1 saturated carbocycles. The molecule has 0 radical (unpaired) electrons. The summed E-state index contributed by atoms with van der Waals surface area (Å²) in [6, 6.07) is 3.65. The number of methoxy groups -OCH3 is 2. The van der Waals surface area contributed by atoms with Crippen LogP contribution in [0.4, 0.5) is 10.5 Å². The fourth-order valence-corrected chi connectivity index (χ4v) is 11.7. The van der Waals surface area contributed by atoms with Crippen LogP contribution >= 0.6 is 46.2 Å². The van der Waals surface area contributed by atoms with Gasteiger partial charge in [0, 0.05) is 93.6 Å². The van der Waals surface area contributed by atoms with Gasteiger partial charge in [0.15, 0.2) is 11.5 Å². The second kappa shape index (κ2) is 22.8. The summed E-state index contributed by atoms with van der Waals surface area (Å²) in [5.41, 5.74) is 0.716. The molecule has 8 atom stereocenters. The summed E-state index contributed by atoms with van der Waals surface area (Å²) in [7, 11) is 4.58. The lowest BCUT2D eigenvalue weighted by Crippen LogP contribution is -2.63. The number of likely N-dealkylation sites (tertiary alicyclic amines) is 1. The number of carbonyl (C=O) groups excluding carboxylic acids is 6. The van der Waals surface area contributed by atoms with Crippen LogP contribution < -0.4 is 24.0 Å². The first-order chi connectivity index (χ1) is 32.1. The minimum Gasteiger partial charge on any atom is -0.495 e. The van der Waals surface area contributed by atoms with Gasteiger partial charge in [0.1, 0.15) is 28.6 Å². The number of hydrogen-bond donors (Lipinski definition) is 4. The van der Waals surface area contributed by atoms with Gasteiger partial charge in [-0.15, -0.1) is 11.8 Å². The highest BCUT2D eigenvalue weighted by Crippen LogP contribution is 2.52. The second-order valence-electron chi connectivity index (χ2n) is 19.5. The Balaban J connectivity index is 1.12. The number of aliphatic hydroxyl groups is 1. The number of hydrazine groups is 1. The number of nitrogens with one attached hydrogen (secondary N) is 3. The maximum Gasteiger partial charge on any atom is 0.409 e. The number of Topliss-reactive ketones (excluding diaryl/α,β-unsaturated/α-hetero) is 1. The Bertz CT molecular complexity index is 2140. The first-order valence-electron chi connectivity index (χ1n) is 23.3. The van der Waals surface area contributed by atoms with E-state index in [1.54, 1.807) is 33.0 Å². The van der Waals surface area contributed by atoms with Gasteiger partial charge in [0.2, 0.25) is 23.6 Å². The Morgan fingerprint density at radius 1 is 1.10 bits per heavy atom. The number of thioether (sulfide) groups is 1. The number of anilines is 1. The zero-order chi connectivity index (χ0) is 49.7. The van der Waals surface area contributed by atoms with E-state index in [-0.39, 0.29) is 78.6 Å². The SMILES string of the molecule is COc1cc2cc(c1Cl)N(C)C(=O)C[C@H](CC(=O)C(C)(C)OCCCSC1CC(=O)N(CC3CCC(C(=O)NNI)CC3)C1=O)[C@]1(C)O[C@H]1[C@H](C)[C@@H]1C[C@@](O)(NC(=O)O1)[C@H](OC)/C=C/C=C(\C)C2. The first kappa shape index (κ1) is 54.0. The maximum atomic E-state index is 14.4. The summed E-state index contributed by atoms with van der Waals surface area (Å²) >= 11 is 10.1. The van der Waals surface area contributed by atoms with Gasteiger partial charge < -0.3 is 33.7 Å². The average molecular weight is 1100 g/mol. The third-order valence-corrected chi connectivity index (χ3v) is 16.3. The number of ether oxygens (including phenoxy) is 5. The molecular weight excluding hydrogens is 1030 g/mol. The lowest BCUT2D eigenvalue weighted by atomic mass is 9.77. The molecule has 1 aliphatic carbocycles. The van der Waals surface area contributed by atoms with Crippen molar-refractivity contribution < 1.29 is 57.6 Å². The number of imide groups is 1. The van der Waals surface area contributed by atoms with Gasteiger partial charge >= 0.3 is 6.09 Å². The topological polar surface area (TPSA) is 215 Å². The van der Waals surface area contributed by atoms with Crippen LogP contribution in [0.5, 0.6) is 5.75 Å². The van der Waals surface area contributed by atoms with Crippen molar-refractivity contribution in [1.82, 2.24) is 19.3 Å². The van der Waals surface area contributed by atoms with E-state index in [0.29, 0.717) is 49.4 Å². The Morgan fingerprint density at radius 3 is 2.50 bits per heavy atom. The van der Waals surface area contributed by atoms with Gasteiger partial charge in [0.05, 0.1) is 29.8 Å². The summed E-state index contributed by atoms with van der Waals surface area (Å²) in [4.78, 5) is 83.1. The summed E-state index contributed by atoms with van der Waals surface area (Å²) in [6.45, 7) is 9.60. The van der Waals surface area contributed by atoms with Crippen molar-refractivity contribution in [2.24, 2.45) is 23.7 Å². The Kier molecular flexibility index (Phi) is 18.1. The number of fused-ring (bicyclic) bond motifs is 5. The summed E-state index contributed by atoms with van der Waals surface area (Å²) < 4.78 is 32.4. The molecule has 3 saturated heterocycles. The lowest BCUT2D eigenvalue weighted by Gasteiger charge is -2.42. The molecule has 4 aliphatic heterocycles. The van der Waals surface area contributed by atoms with Crippen molar-refractivity contribution >= 4 is 87.4 Å². The quantitative estimate of drug-likeness (QED) is 0.0387. The number of nitrogens with zero attached hydrogens (tertiary/aromatic N) is 2. The summed E-state index contributed by atoms with van der Waals surface area (Å²) in [5, 5.41) is 14.2. The number of hydrogen-bond acceptors (Lipinski definition) is 14. The molecule has 4 heterocycles. The molecule has 1 unspecified atom stereocenters. The van der Waals surface area contributed by atoms with Gasteiger partial charge in [-0.2, -0.15) is 3.64 Å². The van der Waals surface area contributed by atoms with Gasteiger partial charge in [-0.1, -0.05) is 42.3 Å². The molecule has 5 amide bonds. The fraction of sp³-hybridized carbons (Fsp3) is 0.667. The van der Waals surface area contributed by atoms with Crippen LogP contribution in [0, 0.1) is 23.7 Å². The van der Waals surface area contributed by atoms with E-state index < -0.39 is 58.4 Å². The van der Waals surface area contributed by atoms with E-state index in [1.807, 2.05) is 61.8 Å². The maximum absolute atomic E-state index is 14.4. The van der Waals surface area contributed by atoms with Crippen molar-refractivity contribution in [3.8, 4) is 5.75 Å². The van der Waals surface area contributed by atoms with Crippen molar-refractivity contribution in [2.45, 2.75) is 139 Å². The fourth-order valence-electron chi connectivity index (χ4n) is 9.99. The predicted octanol–water partition coefficient (Wildman–Crippen LogP) is 6.15. The largest absolute Gasteiger partial charge is 0.495 e. The van der Waals surface area contributed by atoms with Crippen LogP contribution in [-0.2, 0) is 49.3 Å². The predicted molar refractivity (Wildman–Crippen MR) is 265 cm³/mol. The van der Waals surface area contributed by atoms with Crippen molar-refractivity contribution in [2.75, 3.05) is 45.1 Å². The average Bonchev–Trinajstić information content (AvgIpc) is 3.92. The molecular formula is C48H67ClIN5O12S. The normalized spacial score (nSPS) is 32.7. The number of alkyl carbamates (subject to hydrolysis) is 1. The molecule has 17 nitrogen and oxygen atoms in total. The third-order valence-electron chi connectivity index (χ3n) is 14.4. The zero-order valence-electron chi connectivity index (χ0n) is 40.2. The van der Waals surface area contributed by atoms with E-state index in [4.69, 9.17) is 35.3 Å².